The zero-order valence-electron chi connectivity index (χ0n) is 11.0. The molecular weight excluding hydrogens is 218 g/mol. The van der Waals surface area contributed by atoms with Gasteiger partial charge in [0.15, 0.2) is 0 Å². The molecule has 1 saturated carbocycles. The van der Waals surface area contributed by atoms with E-state index in [9.17, 15) is 5.11 Å². The van der Waals surface area contributed by atoms with Crippen LogP contribution < -0.4 is 0 Å². The van der Waals surface area contributed by atoms with E-state index in [4.69, 9.17) is 9.47 Å². The molecule has 17 heavy (non-hydrogen) atoms. The number of nitrogens with zero attached hydrogens (tertiary/aromatic N) is 1. The SMILES string of the molecule is COC1CN(CC2(O)CCCCC2)CC1OC. The molecule has 4 heteroatoms. The number of hydrogen-bond donors (Lipinski definition) is 1. The summed E-state index contributed by atoms with van der Waals surface area (Å²) < 4.78 is 10.8. The van der Waals surface area contributed by atoms with Gasteiger partial charge in [-0.25, -0.2) is 0 Å². The van der Waals surface area contributed by atoms with E-state index in [0.29, 0.717) is 0 Å². The lowest BCUT2D eigenvalue weighted by Gasteiger charge is -2.35. The van der Waals surface area contributed by atoms with Crippen molar-refractivity contribution in [2.24, 2.45) is 0 Å². The van der Waals surface area contributed by atoms with Crippen LogP contribution in [0.5, 0.6) is 0 Å². The van der Waals surface area contributed by atoms with Crippen molar-refractivity contribution in [1.29, 1.82) is 0 Å². The lowest BCUT2D eigenvalue weighted by atomic mass is 9.84. The molecular formula is C13H25NO3. The van der Waals surface area contributed by atoms with E-state index in [1.54, 1.807) is 14.2 Å². The fourth-order valence-corrected chi connectivity index (χ4v) is 3.18. The Labute approximate surface area is 104 Å². The Kier molecular flexibility index (Phi) is 4.42. The van der Waals surface area contributed by atoms with Crippen molar-refractivity contribution in [1.82, 2.24) is 4.90 Å². The van der Waals surface area contributed by atoms with Crippen molar-refractivity contribution in [2.75, 3.05) is 33.9 Å². The van der Waals surface area contributed by atoms with Crippen LogP contribution in [0.2, 0.25) is 0 Å². The van der Waals surface area contributed by atoms with E-state index >= 15 is 0 Å². The van der Waals surface area contributed by atoms with Crippen molar-refractivity contribution in [2.45, 2.75) is 49.9 Å². The summed E-state index contributed by atoms with van der Waals surface area (Å²) in [5.74, 6) is 0. The summed E-state index contributed by atoms with van der Waals surface area (Å²) >= 11 is 0. The molecule has 1 aliphatic carbocycles. The molecule has 100 valence electrons. The fourth-order valence-electron chi connectivity index (χ4n) is 3.18. The lowest BCUT2D eigenvalue weighted by molar-refractivity contribution is -0.0245. The lowest BCUT2D eigenvalue weighted by Crippen LogP contribution is -2.44. The van der Waals surface area contributed by atoms with Crippen LogP contribution >= 0.6 is 0 Å². The van der Waals surface area contributed by atoms with Crippen LogP contribution in [0.15, 0.2) is 0 Å². The van der Waals surface area contributed by atoms with Gasteiger partial charge in [-0.2, -0.15) is 0 Å². The highest BCUT2D eigenvalue weighted by atomic mass is 16.5. The summed E-state index contributed by atoms with van der Waals surface area (Å²) in [6, 6.07) is 0. The zero-order chi connectivity index (χ0) is 12.3. The van der Waals surface area contributed by atoms with Gasteiger partial charge in [-0.1, -0.05) is 19.3 Å². The molecule has 0 aromatic heterocycles. The highest BCUT2D eigenvalue weighted by Crippen LogP contribution is 2.30. The molecule has 0 aromatic carbocycles. The molecule has 4 nitrogen and oxygen atoms in total. The van der Waals surface area contributed by atoms with E-state index in [0.717, 1.165) is 45.3 Å². The summed E-state index contributed by atoms with van der Waals surface area (Å²) in [5, 5.41) is 10.5. The van der Waals surface area contributed by atoms with Crippen LogP contribution in [-0.2, 0) is 9.47 Å². The highest BCUT2D eigenvalue weighted by molar-refractivity contribution is 4.92. The Morgan fingerprint density at radius 2 is 1.59 bits per heavy atom. The van der Waals surface area contributed by atoms with E-state index in [1.807, 2.05) is 0 Å². The molecule has 0 amide bonds. The maximum Gasteiger partial charge on any atom is 0.0971 e. The predicted octanol–water partition coefficient (Wildman–Crippen LogP) is 1.03. The van der Waals surface area contributed by atoms with Gasteiger partial charge >= 0.3 is 0 Å². The third-order valence-corrected chi connectivity index (χ3v) is 4.20. The topological polar surface area (TPSA) is 41.9 Å². The van der Waals surface area contributed by atoms with Gasteiger partial charge in [-0.15, -0.1) is 0 Å². The summed E-state index contributed by atoms with van der Waals surface area (Å²) in [7, 11) is 3.46. The quantitative estimate of drug-likeness (QED) is 0.800. The predicted molar refractivity (Wildman–Crippen MR) is 66.1 cm³/mol. The van der Waals surface area contributed by atoms with Crippen LogP contribution in [0, 0.1) is 0 Å². The first-order valence-electron chi connectivity index (χ1n) is 6.67. The number of methoxy groups -OCH3 is 2. The van der Waals surface area contributed by atoms with E-state index in [2.05, 4.69) is 4.90 Å². The summed E-state index contributed by atoms with van der Waals surface area (Å²) in [6.07, 6.45) is 5.76. The van der Waals surface area contributed by atoms with Gasteiger partial charge in [-0.05, 0) is 12.8 Å². The highest BCUT2D eigenvalue weighted by Gasteiger charge is 2.38. The van der Waals surface area contributed by atoms with Gasteiger partial charge in [-0.3, -0.25) is 4.90 Å². The minimum atomic E-state index is -0.473. The average Bonchev–Trinajstić information content (AvgIpc) is 2.71. The van der Waals surface area contributed by atoms with Crippen LogP contribution in [0.1, 0.15) is 32.1 Å². The minimum absolute atomic E-state index is 0.146. The van der Waals surface area contributed by atoms with Crippen LogP contribution in [0.3, 0.4) is 0 Å². The van der Waals surface area contributed by atoms with E-state index in [-0.39, 0.29) is 12.2 Å². The second kappa shape index (κ2) is 5.65. The molecule has 0 bridgehead atoms. The van der Waals surface area contributed by atoms with Crippen molar-refractivity contribution in [3.8, 4) is 0 Å². The second-order valence-corrected chi connectivity index (χ2v) is 5.53. The van der Waals surface area contributed by atoms with Gasteiger partial charge in [0.25, 0.3) is 0 Å². The molecule has 2 atom stereocenters. The zero-order valence-corrected chi connectivity index (χ0v) is 11.0. The molecule has 2 unspecified atom stereocenters. The number of likely N-dealkylation sites (tertiary alicyclic amines) is 1. The number of hydrogen-bond acceptors (Lipinski definition) is 4. The number of β-amino-alcohol motifs (C(OH)–C–C–N with tert-alkyl or cyclic N) is 1. The normalized spacial score (nSPS) is 34.1. The number of aliphatic hydroxyl groups is 1. The summed E-state index contributed by atoms with van der Waals surface area (Å²) in [5.41, 5.74) is -0.473. The fraction of sp³-hybridized carbons (Fsp3) is 1.00. The Balaban J connectivity index is 1.87. The Morgan fingerprint density at radius 1 is 1.06 bits per heavy atom. The molecule has 2 rings (SSSR count). The maximum atomic E-state index is 10.5. The molecule has 0 aromatic rings. The standard InChI is InChI=1S/C13H25NO3/c1-16-11-8-14(9-12(11)17-2)10-13(15)6-4-3-5-7-13/h11-12,15H,3-10H2,1-2H3. The molecule has 1 saturated heterocycles. The van der Waals surface area contributed by atoms with Gasteiger partial charge in [0.2, 0.25) is 0 Å². The van der Waals surface area contributed by atoms with Crippen LogP contribution in [0.4, 0.5) is 0 Å². The van der Waals surface area contributed by atoms with Crippen LogP contribution in [-0.4, -0.2) is 61.7 Å². The molecule has 1 heterocycles. The minimum Gasteiger partial charge on any atom is -0.389 e. The molecule has 1 aliphatic heterocycles. The van der Waals surface area contributed by atoms with Crippen molar-refractivity contribution >= 4 is 0 Å². The van der Waals surface area contributed by atoms with Crippen molar-refractivity contribution < 1.29 is 14.6 Å². The summed E-state index contributed by atoms with van der Waals surface area (Å²) in [4.78, 5) is 2.29. The molecule has 1 N–H and O–H groups in total. The van der Waals surface area contributed by atoms with Gasteiger partial charge < -0.3 is 14.6 Å². The Morgan fingerprint density at radius 3 is 2.06 bits per heavy atom. The maximum absolute atomic E-state index is 10.5. The van der Waals surface area contributed by atoms with E-state index in [1.165, 1.54) is 6.42 Å². The van der Waals surface area contributed by atoms with Crippen molar-refractivity contribution in [3.05, 3.63) is 0 Å². The first-order chi connectivity index (χ1) is 8.17. The molecule has 0 spiro atoms. The first kappa shape index (κ1) is 13.3. The third kappa shape index (κ3) is 3.19. The van der Waals surface area contributed by atoms with Crippen molar-refractivity contribution in [3.63, 3.8) is 0 Å². The smallest absolute Gasteiger partial charge is 0.0971 e. The number of ether oxygens (including phenoxy) is 2. The largest absolute Gasteiger partial charge is 0.389 e. The average molecular weight is 243 g/mol. The second-order valence-electron chi connectivity index (χ2n) is 5.53. The molecule has 2 fully saturated rings. The van der Waals surface area contributed by atoms with Crippen LogP contribution in [0.25, 0.3) is 0 Å². The van der Waals surface area contributed by atoms with Gasteiger partial charge in [0.1, 0.15) is 0 Å². The summed E-state index contributed by atoms with van der Waals surface area (Å²) in [6.45, 7) is 2.52. The Hall–Kier alpha value is -0.160. The first-order valence-corrected chi connectivity index (χ1v) is 6.67. The van der Waals surface area contributed by atoms with Gasteiger partial charge in [0.05, 0.1) is 17.8 Å². The monoisotopic (exact) mass is 243 g/mol. The van der Waals surface area contributed by atoms with E-state index < -0.39 is 5.60 Å². The van der Waals surface area contributed by atoms with Gasteiger partial charge in [0, 0.05) is 33.9 Å². The number of rotatable bonds is 4. The Bertz CT molecular complexity index is 229. The molecule has 0 radical (unpaired) electrons. The third-order valence-electron chi connectivity index (χ3n) is 4.20. The molecule has 2 aliphatic rings.